The van der Waals surface area contributed by atoms with Gasteiger partial charge in [0.2, 0.25) is 0 Å². The molecule has 1 heterocycles. The fraction of sp³-hybridized carbons (Fsp3) is 0.333. The maximum absolute atomic E-state index is 13.1. The number of hydrogen-bond donors (Lipinski definition) is 0. The van der Waals surface area contributed by atoms with E-state index in [2.05, 4.69) is 22.0 Å². The molecule has 1 atom stereocenters. The Labute approximate surface area is 150 Å². The second kappa shape index (κ2) is 6.97. The van der Waals surface area contributed by atoms with Crippen LogP contribution < -0.4 is 4.90 Å². The molecule has 1 amide bonds. The zero-order valence-electron chi connectivity index (χ0n) is 13.9. The zero-order valence-corrected chi connectivity index (χ0v) is 16.3. The van der Waals surface area contributed by atoms with E-state index in [9.17, 15) is 4.79 Å². The molecule has 2 aromatic rings. The maximum atomic E-state index is 13.1. The molecule has 0 saturated carbocycles. The molecule has 1 unspecified atom stereocenters. The molecule has 1 aromatic heterocycles. The number of nitrogens with zero attached hydrogens (tertiary/aromatic N) is 1. The van der Waals surface area contributed by atoms with Crippen LogP contribution in [0.5, 0.6) is 0 Å². The summed E-state index contributed by atoms with van der Waals surface area (Å²) < 4.78 is 6.00. The number of rotatable bonds is 4. The number of benzene rings is 1. The van der Waals surface area contributed by atoms with Crippen molar-refractivity contribution in [1.29, 1.82) is 0 Å². The van der Waals surface area contributed by atoms with Gasteiger partial charge in [-0.3, -0.25) is 9.69 Å². The van der Waals surface area contributed by atoms with Crippen molar-refractivity contribution in [1.82, 2.24) is 0 Å². The van der Waals surface area contributed by atoms with Crippen molar-refractivity contribution in [2.45, 2.75) is 40.7 Å². The van der Waals surface area contributed by atoms with Gasteiger partial charge in [-0.15, -0.1) is 0 Å². The molecule has 0 N–H and O–H groups in total. The highest BCUT2D eigenvalue weighted by molar-refractivity contribution is 9.10. The van der Waals surface area contributed by atoms with Crippen molar-refractivity contribution in [2.24, 2.45) is 0 Å². The Hall–Kier alpha value is -1.46. The third-order valence-corrected chi connectivity index (χ3v) is 4.89. The van der Waals surface area contributed by atoms with Gasteiger partial charge in [-0.1, -0.05) is 24.4 Å². The Morgan fingerprint density at radius 2 is 1.78 bits per heavy atom. The summed E-state index contributed by atoms with van der Waals surface area (Å²) in [7, 11) is 0. The van der Waals surface area contributed by atoms with E-state index < -0.39 is 0 Å². The molecule has 5 heteroatoms. The molecular formula is C18H20BrNO2S. The Bertz CT molecular complexity index is 766. The molecule has 3 nitrogen and oxygen atoms in total. The molecule has 0 aliphatic heterocycles. The number of amides is 1. The fourth-order valence-corrected chi connectivity index (χ4v) is 2.92. The lowest BCUT2D eigenvalue weighted by atomic mass is 10.0. The minimum Gasteiger partial charge on any atom is -0.444 e. The van der Waals surface area contributed by atoms with Crippen LogP contribution in [0.1, 0.15) is 41.1 Å². The quantitative estimate of drug-likeness (QED) is 0.652. The van der Waals surface area contributed by atoms with Gasteiger partial charge in [0.25, 0.3) is 5.91 Å². The monoisotopic (exact) mass is 393 g/mol. The largest absolute Gasteiger partial charge is 0.444 e. The molecule has 1 aromatic carbocycles. The summed E-state index contributed by atoms with van der Waals surface area (Å²) in [5, 5.41) is 0. The molecule has 0 aliphatic rings. The average Bonchev–Trinajstić information content (AvgIpc) is 2.93. The van der Waals surface area contributed by atoms with Crippen molar-refractivity contribution < 1.29 is 9.21 Å². The van der Waals surface area contributed by atoms with Crippen molar-refractivity contribution in [3.63, 3.8) is 0 Å². The smallest absolute Gasteiger partial charge is 0.294 e. The summed E-state index contributed by atoms with van der Waals surface area (Å²) in [6, 6.07) is 7.28. The van der Waals surface area contributed by atoms with Gasteiger partial charge in [0.1, 0.15) is 0 Å². The van der Waals surface area contributed by atoms with Crippen molar-refractivity contribution in [2.75, 3.05) is 4.90 Å². The van der Waals surface area contributed by atoms with Crippen LogP contribution in [-0.2, 0) is 0 Å². The summed E-state index contributed by atoms with van der Waals surface area (Å²) in [5.74, 6) is 0.101. The van der Waals surface area contributed by atoms with E-state index in [-0.39, 0.29) is 11.9 Å². The average molecular weight is 394 g/mol. The maximum Gasteiger partial charge on any atom is 0.294 e. The van der Waals surface area contributed by atoms with Crippen LogP contribution in [0.2, 0.25) is 0 Å². The van der Waals surface area contributed by atoms with E-state index >= 15 is 0 Å². The number of carbonyl (C=O) groups is 1. The summed E-state index contributed by atoms with van der Waals surface area (Å²) in [6.07, 6.45) is 0. The van der Waals surface area contributed by atoms with Gasteiger partial charge >= 0.3 is 0 Å². The SMILES string of the molecule is CC(=S)C(C)N(C(=O)c1ccc(Br)o1)c1c(C)ccc(C)c1C. The molecule has 23 heavy (non-hydrogen) atoms. The first-order valence-electron chi connectivity index (χ1n) is 7.40. The van der Waals surface area contributed by atoms with Crippen LogP contribution >= 0.6 is 28.1 Å². The lowest BCUT2D eigenvalue weighted by Crippen LogP contribution is -2.43. The molecule has 2 rings (SSSR count). The molecule has 0 fully saturated rings. The van der Waals surface area contributed by atoms with Gasteiger partial charge in [0, 0.05) is 4.86 Å². The molecule has 0 radical (unpaired) electrons. The lowest BCUT2D eigenvalue weighted by Gasteiger charge is -2.31. The number of thiocarbonyl (C=S) groups is 1. The Balaban J connectivity index is 2.63. The number of aryl methyl sites for hydroxylation is 2. The van der Waals surface area contributed by atoms with Crippen LogP contribution in [0.3, 0.4) is 0 Å². The minimum absolute atomic E-state index is 0.191. The van der Waals surface area contributed by atoms with Crippen molar-refractivity contribution >= 4 is 44.6 Å². The van der Waals surface area contributed by atoms with Crippen molar-refractivity contribution in [3.05, 3.63) is 51.4 Å². The number of furan rings is 1. The van der Waals surface area contributed by atoms with Crippen LogP contribution in [0, 0.1) is 20.8 Å². The second-order valence-electron chi connectivity index (χ2n) is 5.74. The van der Waals surface area contributed by atoms with Gasteiger partial charge in [0.05, 0.1) is 11.7 Å². The third-order valence-electron chi connectivity index (χ3n) is 4.12. The topological polar surface area (TPSA) is 33.5 Å². The van der Waals surface area contributed by atoms with Crippen LogP contribution in [0.4, 0.5) is 5.69 Å². The predicted molar refractivity (Wildman–Crippen MR) is 102 cm³/mol. The molecule has 0 saturated heterocycles. The van der Waals surface area contributed by atoms with Gasteiger partial charge in [-0.2, -0.15) is 0 Å². The predicted octanol–water partition coefficient (Wildman–Crippen LogP) is 5.39. The van der Waals surface area contributed by atoms with Gasteiger partial charge < -0.3 is 4.42 Å². The van der Waals surface area contributed by atoms with E-state index in [0.717, 1.165) is 27.2 Å². The summed E-state index contributed by atoms with van der Waals surface area (Å²) in [5.41, 5.74) is 4.15. The third kappa shape index (κ3) is 3.56. The first-order valence-corrected chi connectivity index (χ1v) is 8.60. The number of carbonyl (C=O) groups excluding carboxylic acids is 1. The van der Waals surface area contributed by atoms with E-state index in [0.29, 0.717) is 10.4 Å². The van der Waals surface area contributed by atoms with E-state index in [1.807, 2.05) is 40.7 Å². The molecule has 0 spiro atoms. The standard InChI is InChI=1S/C18H20BrNO2S/c1-10-6-7-11(2)17(12(10)3)20(13(4)14(5)23)18(21)15-8-9-16(19)22-15/h6-9,13H,1-5H3. The van der Waals surface area contributed by atoms with Gasteiger partial charge in [-0.05, 0) is 79.4 Å². The Morgan fingerprint density at radius 3 is 2.30 bits per heavy atom. The van der Waals surface area contributed by atoms with Crippen LogP contribution in [-0.4, -0.2) is 16.8 Å². The van der Waals surface area contributed by atoms with E-state index in [1.54, 1.807) is 17.0 Å². The van der Waals surface area contributed by atoms with Gasteiger partial charge in [0.15, 0.2) is 10.4 Å². The minimum atomic E-state index is -0.208. The Morgan fingerprint density at radius 1 is 1.17 bits per heavy atom. The molecule has 0 aliphatic carbocycles. The number of hydrogen-bond acceptors (Lipinski definition) is 3. The number of halogens is 1. The fourth-order valence-electron chi connectivity index (χ4n) is 2.51. The first-order chi connectivity index (χ1) is 10.7. The van der Waals surface area contributed by atoms with Crippen LogP contribution in [0.15, 0.2) is 33.4 Å². The van der Waals surface area contributed by atoms with Crippen molar-refractivity contribution in [3.8, 4) is 0 Å². The lowest BCUT2D eigenvalue weighted by molar-refractivity contribution is 0.0956. The first kappa shape index (κ1) is 17.9. The highest BCUT2D eigenvalue weighted by Crippen LogP contribution is 2.31. The van der Waals surface area contributed by atoms with E-state index in [1.165, 1.54) is 0 Å². The molecule has 0 bridgehead atoms. The zero-order chi connectivity index (χ0) is 17.3. The highest BCUT2D eigenvalue weighted by Gasteiger charge is 2.29. The second-order valence-corrected chi connectivity index (χ2v) is 7.16. The molecule has 122 valence electrons. The summed E-state index contributed by atoms with van der Waals surface area (Å²) in [4.78, 5) is 15.6. The Kier molecular flexibility index (Phi) is 5.42. The summed E-state index contributed by atoms with van der Waals surface area (Å²) in [6.45, 7) is 9.88. The van der Waals surface area contributed by atoms with E-state index in [4.69, 9.17) is 16.6 Å². The highest BCUT2D eigenvalue weighted by atomic mass is 79.9. The normalized spacial score (nSPS) is 12.1. The van der Waals surface area contributed by atoms with Gasteiger partial charge in [-0.25, -0.2) is 0 Å². The van der Waals surface area contributed by atoms with Crippen LogP contribution in [0.25, 0.3) is 0 Å². The summed E-state index contributed by atoms with van der Waals surface area (Å²) >= 11 is 8.60. The molecular weight excluding hydrogens is 374 g/mol. The number of anilines is 1.